The van der Waals surface area contributed by atoms with Gasteiger partial charge in [-0.1, -0.05) is 19.1 Å². The molecular weight excluding hydrogens is 331 g/mol. The second-order valence-corrected chi connectivity index (χ2v) is 4.99. The molecule has 2 rings (SSSR count). The molecule has 0 saturated heterocycles. The molecule has 0 aliphatic heterocycles. The number of benzene rings is 2. The van der Waals surface area contributed by atoms with Crippen LogP contribution >= 0.6 is 0 Å². The number of nitrogens with one attached hydrogen (secondary N) is 3. The molecule has 0 fully saturated rings. The Balaban J connectivity index is 1.85. The van der Waals surface area contributed by atoms with Gasteiger partial charge in [0, 0.05) is 0 Å². The normalized spacial score (nSPS) is 11.2. The van der Waals surface area contributed by atoms with Gasteiger partial charge in [-0.3, -0.25) is 5.41 Å². The van der Waals surface area contributed by atoms with E-state index in [0.29, 0.717) is 23.1 Å². The zero-order chi connectivity index (χ0) is 18.2. The number of halogens is 3. The topological polar surface area (TPSA) is 72.6 Å². The van der Waals surface area contributed by atoms with Gasteiger partial charge in [-0.05, 0) is 47.4 Å². The van der Waals surface area contributed by atoms with Gasteiger partial charge in [-0.25, -0.2) is 24.0 Å². The van der Waals surface area contributed by atoms with Crippen LogP contribution in [0.1, 0.15) is 23.6 Å². The molecule has 0 aliphatic carbocycles. The van der Waals surface area contributed by atoms with Crippen molar-refractivity contribution in [2.45, 2.75) is 13.3 Å². The molecule has 0 heterocycles. The van der Waals surface area contributed by atoms with Crippen LogP contribution in [0.15, 0.2) is 46.6 Å². The summed E-state index contributed by atoms with van der Waals surface area (Å²) in [7, 11) is 0. The van der Waals surface area contributed by atoms with Crippen LogP contribution in [0.5, 0.6) is 0 Å². The standard InChI is InChI=1S/C17H16F3N5/c1-2-13-7-11(3-5-14(13)18)9-22-24-17(21)25-23-10-12-4-6-15(19)16(20)8-12/h3-10H,2H2,1H3,(H3,21,24,25)/b22-9+,23-10+. The minimum Gasteiger partial charge on any atom is -0.266 e. The van der Waals surface area contributed by atoms with Gasteiger partial charge in [-0.2, -0.15) is 10.2 Å². The first-order valence-electron chi connectivity index (χ1n) is 7.39. The van der Waals surface area contributed by atoms with Gasteiger partial charge in [0.05, 0.1) is 12.4 Å². The van der Waals surface area contributed by atoms with E-state index in [4.69, 9.17) is 5.41 Å². The summed E-state index contributed by atoms with van der Waals surface area (Å²) in [5, 5.41) is 15.1. The van der Waals surface area contributed by atoms with Crippen LogP contribution in [0.3, 0.4) is 0 Å². The maximum Gasteiger partial charge on any atom is 0.230 e. The third-order valence-electron chi connectivity index (χ3n) is 3.17. The van der Waals surface area contributed by atoms with E-state index in [9.17, 15) is 13.2 Å². The number of rotatable bonds is 5. The summed E-state index contributed by atoms with van der Waals surface area (Å²) in [6.07, 6.45) is 3.24. The molecule has 25 heavy (non-hydrogen) atoms. The highest BCUT2D eigenvalue weighted by Crippen LogP contribution is 2.09. The fourth-order valence-electron chi connectivity index (χ4n) is 1.91. The zero-order valence-electron chi connectivity index (χ0n) is 13.4. The summed E-state index contributed by atoms with van der Waals surface area (Å²) in [4.78, 5) is 0. The van der Waals surface area contributed by atoms with Crippen LogP contribution in [0.2, 0.25) is 0 Å². The lowest BCUT2D eigenvalue weighted by Gasteiger charge is -2.02. The minimum atomic E-state index is -0.979. The van der Waals surface area contributed by atoms with Crippen LogP contribution in [0.4, 0.5) is 13.2 Å². The third-order valence-corrected chi connectivity index (χ3v) is 3.17. The van der Waals surface area contributed by atoms with Gasteiger partial charge >= 0.3 is 0 Å². The summed E-state index contributed by atoms with van der Waals surface area (Å²) in [5.41, 5.74) is 6.32. The first-order valence-corrected chi connectivity index (χ1v) is 7.39. The molecule has 0 atom stereocenters. The van der Waals surface area contributed by atoms with Gasteiger partial charge in [0.15, 0.2) is 11.6 Å². The van der Waals surface area contributed by atoms with Gasteiger partial charge in [0.1, 0.15) is 5.82 Å². The van der Waals surface area contributed by atoms with E-state index in [1.807, 2.05) is 6.92 Å². The SMILES string of the molecule is CCc1cc(/C=N/NC(=N)N/N=C/c2ccc(F)c(F)c2)ccc1F. The molecular formula is C17H16F3N5. The molecule has 0 unspecified atom stereocenters. The molecule has 0 spiro atoms. The van der Waals surface area contributed by atoms with Gasteiger partial charge in [0.25, 0.3) is 0 Å². The van der Waals surface area contributed by atoms with Crippen molar-refractivity contribution in [3.63, 3.8) is 0 Å². The van der Waals surface area contributed by atoms with Crippen LogP contribution < -0.4 is 10.9 Å². The average molecular weight is 347 g/mol. The lowest BCUT2D eigenvalue weighted by molar-refractivity contribution is 0.508. The zero-order valence-corrected chi connectivity index (χ0v) is 13.4. The van der Waals surface area contributed by atoms with E-state index in [1.165, 1.54) is 24.6 Å². The molecule has 130 valence electrons. The largest absolute Gasteiger partial charge is 0.266 e. The van der Waals surface area contributed by atoms with Crippen LogP contribution in [-0.4, -0.2) is 18.4 Å². The monoisotopic (exact) mass is 347 g/mol. The molecule has 2 aromatic carbocycles. The number of hydrogen-bond acceptors (Lipinski definition) is 3. The van der Waals surface area contributed by atoms with Crippen molar-refractivity contribution >= 4 is 18.4 Å². The molecule has 0 amide bonds. The van der Waals surface area contributed by atoms with Crippen molar-refractivity contribution in [1.82, 2.24) is 10.9 Å². The minimum absolute atomic E-state index is 0.229. The van der Waals surface area contributed by atoms with Gasteiger partial charge in [-0.15, -0.1) is 0 Å². The van der Waals surface area contributed by atoms with Crippen LogP contribution in [0.25, 0.3) is 0 Å². The van der Waals surface area contributed by atoms with E-state index >= 15 is 0 Å². The summed E-state index contributed by atoms with van der Waals surface area (Å²) >= 11 is 0. The van der Waals surface area contributed by atoms with E-state index in [0.717, 1.165) is 12.1 Å². The van der Waals surface area contributed by atoms with E-state index in [2.05, 4.69) is 21.1 Å². The van der Waals surface area contributed by atoms with Crippen molar-refractivity contribution in [3.8, 4) is 0 Å². The van der Waals surface area contributed by atoms with E-state index in [1.54, 1.807) is 12.1 Å². The Morgan fingerprint density at radius 2 is 1.48 bits per heavy atom. The number of aryl methyl sites for hydroxylation is 1. The Morgan fingerprint density at radius 1 is 0.920 bits per heavy atom. The molecule has 5 nitrogen and oxygen atoms in total. The smallest absolute Gasteiger partial charge is 0.230 e. The Labute approximate surface area is 142 Å². The second-order valence-electron chi connectivity index (χ2n) is 4.99. The van der Waals surface area contributed by atoms with Crippen LogP contribution in [0, 0.1) is 22.9 Å². The third kappa shape index (κ3) is 5.45. The fourth-order valence-corrected chi connectivity index (χ4v) is 1.91. The van der Waals surface area contributed by atoms with Gasteiger partial charge < -0.3 is 0 Å². The van der Waals surface area contributed by atoms with Gasteiger partial charge in [0.2, 0.25) is 5.96 Å². The molecule has 8 heteroatoms. The molecule has 0 bridgehead atoms. The van der Waals surface area contributed by atoms with Crippen molar-refractivity contribution in [3.05, 3.63) is 70.5 Å². The Bertz CT molecular complexity index is 818. The molecule has 3 N–H and O–H groups in total. The predicted octanol–water partition coefficient (Wildman–Crippen LogP) is 3.15. The van der Waals surface area contributed by atoms with E-state index in [-0.39, 0.29) is 11.8 Å². The highest BCUT2D eigenvalue weighted by atomic mass is 19.2. The predicted molar refractivity (Wildman–Crippen MR) is 91.3 cm³/mol. The fraction of sp³-hybridized carbons (Fsp3) is 0.118. The Hall–Kier alpha value is -3.16. The lowest BCUT2D eigenvalue weighted by atomic mass is 10.1. The number of nitrogens with zero attached hydrogens (tertiary/aromatic N) is 2. The van der Waals surface area contributed by atoms with E-state index < -0.39 is 11.6 Å². The maximum atomic E-state index is 13.4. The highest BCUT2D eigenvalue weighted by molar-refractivity contribution is 5.84. The van der Waals surface area contributed by atoms with Crippen molar-refractivity contribution in [2.24, 2.45) is 10.2 Å². The number of hydrogen-bond donors (Lipinski definition) is 3. The summed E-state index contributed by atoms with van der Waals surface area (Å²) in [5.74, 6) is -2.42. The first kappa shape index (κ1) is 18.2. The number of hydrazone groups is 2. The molecule has 0 radical (unpaired) electrons. The Morgan fingerprint density at radius 3 is 2.04 bits per heavy atom. The molecule has 0 saturated carbocycles. The summed E-state index contributed by atoms with van der Waals surface area (Å²) in [6.45, 7) is 1.85. The Kier molecular flexibility index (Phi) is 6.27. The first-order chi connectivity index (χ1) is 12.0. The second kappa shape index (κ2) is 8.62. The molecule has 0 aliphatic rings. The molecule has 2 aromatic rings. The quantitative estimate of drug-likeness (QED) is 0.442. The summed E-state index contributed by atoms with van der Waals surface area (Å²) in [6, 6.07) is 7.90. The molecule has 0 aromatic heterocycles. The van der Waals surface area contributed by atoms with Crippen molar-refractivity contribution in [1.29, 1.82) is 5.41 Å². The van der Waals surface area contributed by atoms with Crippen LogP contribution in [-0.2, 0) is 6.42 Å². The summed E-state index contributed by atoms with van der Waals surface area (Å²) < 4.78 is 39.2. The lowest BCUT2D eigenvalue weighted by Crippen LogP contribution is -2.29. The van der Waals surface area contributed by atoms with Crippen molar-refractivity contribution in [2.75, 3.05) is 0 Å². The maximum absolute atomic E-state index is 13.4. The average Bonchev–Trinajstić information content (AvgIpc) is 2.59. The van der Waals surface area contributed by atoms with Crippen molar-refractivity contribution < 1.29 is 13.2 Å². The highest BCUT2D eigenvalue weighted by Gasteiger charge is 2.01. The number of guanidine groups is 1.